The summed E-state index contributed by atoms with van der Waals surface area (Å²) in [5.41, 5.74) is -2.45. The maximum atomic E-state index is 12.6. The summed E-state index contributed by atoms with van der Waals surface area (Å²) in [5.74, 6) is 0. The molecule has 1 fully saturated rings. The van der Waals surface area contributed by atoms with E-state index in [1.807, 2.05) is 4.90 Å². The lowest BCUT2D eigenvalue weighted by Gasteiger charge is -2.39. The van der Waals surface area contributed by atoms with Crippen molar-refractivity contribution in [3.05, 3.63) is 0 Å². The Kier molecular flexibility index (Phi) is 5.92. The van der Waals surface area contributed by atoms with Crippen LogP contribution in [0.15, 0.2) is 0 Å². The molecule has 0 amide bonds. The number of piperidine rings is 1. The lowest BCUT2D eigenvalue weighted by atomic mass is 9.90. The van der Waals surface area contributed by atoms with Gasteiger partial charge in [-0.15, -0.1) is 0 Å². The molecular weight excluding hydrogens is 243 g/mol. The first-order valence-electron chi connectivity index (χ1n) is 6.90. The molecule has 0 aliphatic carbocycles. The topological polar surface area (TPSA) is 23.5 Å². The van der Waals surface area contributed by atoms with Crippen molar-refractivity contribution in [2.24, 2.45) is 0 Å². The van der Waals surface area contributed by atoms with E-state index in [1.165, 1.54) is 19.3 Å². The Morgan fingerprint density at radius 2 is 1.61 bits per heavy atom. The van der Waals surface area contributed by atoms with Gasteiger partial charge in [0.15, 0.2) is 5.60 Å². The van der Waals surface area contributed by atoms with Crippen LogP contribution in [-0.2, 0) is 0 Å². The Hall–Kier alpha value is -0.290. The van der Waals surface area contributed by atoms with E-state index in [-0.39, 0.29) is 12.8 Å². The standard InChI is InChI=1S/C13H24F3NO/c1-2-3-4-5-6-9-17-10-7-12(18,8-11-17)13(14,15)16/h18H,2-11H2,1H3. The molecule has 0 atom stereocenters. The Morgan fingerprint density at radius 1 is 1.06 bits per heavy atom. The van der Waals surface area contributed by atoms with Crippen LogP contribution in [0.25, 0.3) is 0 Å². The normalized spacial score (nSPS) is 21.2. The van der Waals surface area contributed by atoms with Gasteiger partial charge in [0, 0.05) is 13.1 Å². The van der Waals surface area contributed by atoms with Crippen LogP contribution in [0.4, 0.5) is 13.2 Å². The molecule has 0 saturated carbocycles. The van der Waals surface area contributed by atoms with E-state index in [1.54, 1.807) is 0 Å². The zero-order chi connectivity index (χ0) is 13.6. The smallest absolute Gasteiger partial charge is 0.380 e. The summed E-state index contributed by atoms with van der Waals surface area (Å²) in [6, 6.07) is 0. The predicted octanol–water partition coefficient (Wildman–Crippen LogP) is 3.35. The average Bonchev–Trinajstić information content (AvgIpc) is 2.30. The fraction of sp³-hybridized carbons (Fsp3) is 1.00. The molecular formula is C13H24F3NO. The number of unbranched alkanes of at least 4 members (excludes halogenated alkanes) is 4. The molecule has 18 heavy (non-hydrogen) atoms. The van der Waals surface area contributed by atoms with Gasteiger partial charge in [-0.05, 0) is 25.8 Å². The first-order valence-corrected chi connectivity index (χ1v) is 6.90. The highest BCUT2D eigenvalue weighted by Gasteiger charge is 2.54. The molecule has 0 spiro atoms. The summed E-state index contributed by atoms with van der Waals surface area (Å²) in [7, 11) is 0. The quantitative estimate of drug-likeness (QED) is 0.746. The number of aliphatic hydroxyl groups is 1. The minimum Gasteiger partial charge on any atom is -0.380 e. The van der Waals surface area contributed by atoms with Gasteiger partial charge in [0.1, 0.15) is 0 Å². The van der Waals surface area contributed by atoms with Gasteiger partial charge in [0.2, 0.25) is 0 Å². The van der Waals surface area contributed by atoms with Crippen molar-refractivity contribution in [3.63, 3.8) is 0 Å². The zero-order valence-corrected chi connectivity index (χ0v) is 11.1. The van der Waals surface area contributed by atoms with Gasteiger partial charge in [-0.3, -0.25) is 0 Å². The maximum Gasteiger partial charge on any atom is 0.417 e. The van der Waals surface area contributed by atoms with E-state index >= 15 is 0 Å². The molecule has 1 saturated heterocycles. The Balaban J connectivity index is 2.19. The van der Waals surface area contributed by atoms with Crippen LogP contribution in [-0.4, -0.2) is 41.4 Å². The van der Waals surface area contributed by atoms with Crippen LogP contribution in [0.3, 0.4) is 0 Å². The number of rotatable bonds is 6. The molecule has 0 unspecified atom stereocenters. The molecule has 1 heterocycles. The molecule has 0 bridgehead atoms. The molecule has 1 aliphatic rings. The first kappa shape index (κ1) is 15.8. The molecule has 1 aliphatic heterocycles. The number of alkyl halides is 3. The lowest BCUT2D eigenvalue weighted by Crippen LogP contribution is -2.53. The number of halogens is 3. The van der Waals surface area contributed by atoms with E-state index in [2.05, 4.69) is 6.92 Å². The monoisotopic (exact) mass is 267 g/mol. The summed E-state index contributed by atoms with van der Waals surface area (Å²) < 4.78 is 37.7. The van der Waals surface area contributed by atoms with Gasteiger partial charge in [-0.1, -0.05) is 32.6 Å². The van der Waals surface area contributed by atoms with Gasteiger partial charge in [0.25, 0.3) is 0 Å². The Morgan fingerprint density at radius 3 is 2.11 bits per heavy atom. The summed E-state index contributed by atoms with van der Waals surface area (Å²) in [6.07, 6.45) is 0.961. The average molecular weight is 267 g/mol. The highest BCUT2D eigenvalue weighted by Crippen LogP contribution is 2.38. The highest BCUT2D eigenvalue weighted by molar-refractivity contribution is 4.91. The third-order valence-electron chi connectivity index (χ3n) is 3.79. The molecule has 1 rings (SSSR count). The maximum absolute atomic E-state index is 12.6. The number of hydrogen-bond acceptors (Lipinski definition) is 2. The van der Waals surface area contributed by atoms with E-state index in [9.17, 15) is 18.3 Å². The van der Waals surface area contributed by atoms with Crippen molar-refractivity contribution in [1.29, 1.82) is 0 Å². The minimum absolute atomic E-state index is 0.189. The van der Waals surface area contributed by atoms with Gasteiger partial charge >= 0.3 is 6.18 Å². The molecule has 2 nitrogen and oxygen atoms in total. The van der Waals surface area contributed by atoms with Crippen LogP contribution in [0, 0.1) is 0 Å². The molecule has 108 valence electrons. The molecule has 0 aromatic rings. The number of likely N-dealkylation sites (tertiary alicyclic amines) is 1. The summed E-state index contributed by atoms with van der Waals surface area (Å²) in [6.45, 7) is 3.72. The van der Waals surface area contributed by atoms with Crippen molar-refractivity contribution >= 4 is 0 Å². The van der Waals surface area contributed by atoms with Crippen LogP contribution >= 0.6 is 0 Å². The van der Waals surface area contributed by atoms with Gasteiger partial charge < -0.3 is 10.0 Å². The first-order chi connectivity index (χ1) is 8.39. The van der Waals surface area contributed by atoms with Crippen molar-refractivity contribution < 1.29 is 18.3 Å². The van der Waals surface area contributed by atoms with Gasteiger partial charge in [-0.2, -0.15) is 13.2 Å². The summed E-state index contributed by atoms with van der Waals surface area (Å²) >= 11 is 0. The lowest BCUT2D eigenvalue weighted by molar-refractivity contribution is -0.272. The molecule has 0 radical (unpaired) electrons. The second kappa shape index (κ2) is 6.75. The zero-order valence-electron chi connectivity index (χ0n) is 11.1. The second-order valence-electron chi connectivity index (χ2n) is 5.29. The highest BCUT2D eigenvalue weighted by atomic mass is 19.4. The van der Waals surface area contributed by atoms with Gasteiger partial charge in [0.05, 0.1) is 0 Å². The van der Waals surface area contributed by atoms with E-state index < -0.39 is 11.8 Å². The summed E-state index contributed by atoms with van der Waals surface area (Å²) in [4.78, 5) is 2.03. The van der Waals surface area contributed by atoms with E-state index in [0.717, 1.165) is 19.4 Å². The second-order valence-corrected chi connectivity index (χ2v) is 5.29. The van der Waals surface area contributed by atoms with Crippen LogP contribution in [0.2, 0.25) is 0 Å². The van der Waals surface area contributed by atoms with Crippen molar-refractivity contribution in [2.45, 2.75) is 63.6 Å². The van der Waals surface area contributed by atoms with Gasteiger partial charge in [-0.25, -0.2) is 0 Å². The molecule has 5 heteroatoms. The van der Waals surface area contributed by atoms with Crippen LogP contribution < -0.4 is 0 Å². The Labute approximate surface area is 107 Å². The number of hydrogen-bond donors (Lipinski definition) is 1. The Bertz CT molecular complexity index is 235. The molecule has 1 N–H and O–H groups in total. The fourth-order valence-corrected chi connectivity index (χ4v) is 2.37. The molecule has 0 aromatic heterocycles. The third kappa shape index (κ3) is 4.43. The van der Waals surface area contributed by atoms with Crippen molar-refractivity contribution in [1.82, 2.24) is 4.90 Å². The molecule has 0 aromatic carbocycles. The van der Waals surface area contributed by atoms with Crippen LogP contribution in [0.5, 0.6) is 0 Å². The fourth-order valence-electron chi connectivity index (χ4n) is 2.37. The van der Waals surface area contributed by atoms with Crippen molar-refractivity contribution in [3.8, 4) is 0 Å². The third-order valence-corrected chi connectivity index (χ3v) is 3.79. The van der Waals surface area contributed by atoms with E-state index in [0.29, 0.717) is 13.1 Å². The van der Waals surface area contributed by atoms with Crippen molar-refractivity contribution in [2.75, 3.05) is 19.6 Å². The van der Waals surface area contributed by atoms with E-state index in [4.69, 9.17) is 0 Å². The minimum atomic E-state index is -4.49. The number of nitrogens with zero attached hydrogens (tertiary/aromatic N) is 1. The predicted molar refractivity (Wildman–Crippen MR) is 65.4 cm³/mol. The largest absolute Gasteiger partial charge is 0.417 e. The SMILES string of the molecule is CCCCCCCN1CCC(O)(C(F)(F)F)CC1. The summed E-state index contributed by atoms with van der Waals surface area (Å²) in [5, 5.41) is 9.52. The van der Waals surface area contributed by atoms with Crippen LogP contribution in [0.1, 0.15) is 51.9 Å².